The predicted molar refractivity (Wildman–Crippen MR) is 135 cm³/mol. The summed E-state index contributed by atoms with van der Waals surface area (Å²) in [6.45, 7) is 0. The van der Waals surface area contributed by atoms with Gasteiger partial charge in [0, 0.05) is 24.0 Å². The molecule has 0 aliphatic carbocycles. The van der Waals surface area contributed by atoms with Crippen molar-refractivity contribution in [2.24, 2.45) is 0 Å². The molecule has 0 amide bonds. The van der Waals surface area contributed by atoms with Gasteiger partial charge in [-0.3, -0.25) is 9.12 Å². The molecule has 0 atom stereocenters. The molecule has 2 aromatic carbocycles. The first-order valence-electron chi connectivity index (χ1n) is 10.7. The summed E-state index contributed by atoms with van der Waals surface area (Å²) in [5.74, 6) is -3.47. The molecule has 3 heterocycles. The number of nitrogens with zero attached hydrogens (tertiary/aromatic N) is 4. The van der Waals surface area contributed by atoms with E-state index in [-0.39, 0.29) is 33.6 Å². The summed E-state index contributed by atoms with van der Waals surface area (Å²) in [4.78, 5) is 11.3. The molecule has 0 spiro atoms. The highest BCUT2D eigenvalue weighted by Crippen LogP contribution is 2.38. The Labute approximate surface area is 218 Å². The lowest BCUT2D eigenvalue weighted by Gasteiger charge is -2.13. The van der Waals surface area contributed by atoms with Crippen LogP contribution in [0.4, 0.5) is 24.8 Å². The van der Waals surface area contributed by atoms with E-state index in [1.165, 1.54) is 48.2 Å². The zero-order chi connectivity index (χ0) is 27.2. The van der Waals surface area contributed by atoms with E-state index in [9.17, 15) is 17.2 Å². The topological polar surface area (TPSA) is 124 Å². The summed E-state index contributed by atoms with van der Waals surface area (Å²) in [6.07, 6.45) is 2.89. The van der Waals surface area contributed by atoms with Crippen LogP contribution in [0, 0.1) is 17.5 Å². The number of sulfonamides is 1. The van der Waals surface area contributed by atoms with Crippen LogP contribution in [0.15, 0.2) is 65.8 Å². The lowest BCUT2D eigenvalue weighted by atomic mass is 10.1. The van der Waals surface area contributed by atoms with Gasteiger partial charge in [-0.25, -0.2) is 36.5 Å². The van der Waals surface area contributed by atoms with Crippen molar-refractivity contribution in [2.75, 3.05) is 17.6 Å². The van der Waals surface area contributed by atoms with E-state index in [4.69, 9.17) is 22.1 Å². The highest BCUT2D eigenvalue weighted by molar-refractivity contribution is 7.92. The summed E-state index contributed by atoms with van der Waals surface area (Å²) < 4.78 is 78.5. The largest absolute Gasteiger partial charge is 0.495 e. The van der Waals surface area contributed by atoms with Crippen molar-refractivity contribution in [3.63, 3.8) is 0 Å². The Balaban J connectivity index is 1.71. The van der Waals surface area contributed by atoms with Crippen molar-refractivity contribution >= 4 is 38.9 Å². The number of methoxy groups -OCH3 is 1. The molecule has 5 aromatic rings. The van der Waals surface area contributed by atoms with Crippen LogP contribution < -0.4 is 15.2 Å². The second kappa shape index (κ2) is 9.50. The first-order chi connectivity index (χ1) is 18.1. The van der Waals surface area contributed by atoms with Crippen LogP contribution in [0.5, 0.6) is 5.75 Å². The number of hydrogen-bond donors (Lipinski definition) is 2. The maximum Gasteiger partial charge on any atom is 0.267 e. The Morgan fingerprint density at radius 2 is 1.76 bits per heavy atom. The fourth-order valence-corrected chi connectivity index (χ4v) is 5.30. The average molecular weight is 561 g/mol. The molecular weight excluding hydrogens is 545 g/mol. The van der Waals surface area contributed by atoms with E-state index in [2.05, 4.69) is 15.0 Å². The third-order valence-corrected chi connectivity index (χ3v) is 7.20. The molecule has 38 heavy (non-hydrogen) atoms. The van der Waals surface area contributed by atoms with Crippen LogP contribution in [0.2, 0.25) is 5.02 Å². The van der Waals surface area contributed by atoms with Gasteiger partial charge in [-0.05, 0) is 30.3 Å². The Hall–Kier alpha value is -4.36. The molecule has 3 aromatic heterocycles. The Bertz CT molecular complexity index is 1810. The zero-order valence-electron chi connectivity index (χ0n) is 19.3. The second-order valence-corrected chi connectivity index (χ2v) is 9.88. The fraction of sp³-hybridized carbons (Fsp3) is 0.0417. The standard InChI is InChI=1S/C24H16ClF3N6O3S/c1-37-18-10-19-32-21(22(34(19)11-13(18)25)17-8-9-30-24(29)31-17)12-4-2-7-16(20(12)28)33-38(35,36)23-14(26)5-3-6-15(23)27/h2-11,33H,1H3,(H2,29,30,31). The maximum absolute atomic E-state index is 15.9. The second-order valence-electron chi connectivity index (χ2n) is 7.85. The highest BCUT2D eigenvalue weighted by atomic mass is 35.5. The van der Waals surface area contributed by atoms with Crippen molar-refractivity contribution in [3.05, 3.63) is 83.4 Å². The number of ether oxygens (including phenoxy) is 1. The van der Waals surface area contributed by atoms with E-state index in [0.29, 0.717) is 11.4 Å². The number of fused-ring (bicyclic) bond motifs is 1. The smallest absolute Gasteiger partial charge is 0.267 e. The maximum atomic E-state index is 15.9. The zero-order valence-corrected chi connectivity index (χ0v) is 20.9. The number of imidazole rings is 1. The monoisotopic (exact) mass is 560 g/mol. The number of aromatic nitrogens is 4. The molecule has 0 unspecified atom stereocenters. The van der Waals surface area contributed by atoms with Crippen LogP contribution >= 0.6 is 11.6 Å². The molecule has 0 saturated carbocycles. The summed E-state index contributed by atoms with van der Waals surface area (Å²) in [6, 6.07) is 9.41. The highest BCUT2D eigenvalue weighted by Gasteiger charge is 2.27. The molecule has 194 valence electrons. The average Bonchev–Trinajstić information content (AvgIpc) is 3.22. The van der Waals surface area contributed by atoms with E-state index in [0.717, 1.165) is 24.3 Å². The van der Waals surface area contributed by atoms with Crippen molar-refractivity contribution in [3.8, 4) is 28.4 Å². The number of nitrogens with two attached hydrogens (primary N) is 1. The van der Waals surface area contributed by atoms with E-state index in [1.807, 2.05) is 4.72 Å². The van der Waals surface area contributed by atoms with Gasteiger partial charge < -0.3 is 10.5 Å². The van der Waals surface area contributed by atoms with Gasteiger partial charge in [0.05, 0.1) is 29.2 Å². The van der Waals surface area contributed by atoms with Crippen LogP contribution in [-0.2, 0) is 10.0 Å². The van der Waals surface area contributed by atoms with Gasteiger partial charge in [0.2, 0.25) is 5.95 Å². The summed E-state index contributed by atoms with van der Waals surface area (Å²) in [5.41, 5.74) is 5.92. The lowest BCUT2D eigenvalue weighted by molar-refractivity contribution is 0.415. The van der Waals surface area contributed by atoms with Gasteiger partial charge in [0.1, 0.15) is 28.7 Å². The molecule has 0 aliphatic rings. The molecule has 0 saturated heterocycles. The Morgan fingerprint density at radius 3 is 2.45 bits per heavy atom. The molecule has 0 bridgehead atoms. The third kappa shape index (κ3) is 4.35. The SMILES string of the molecule is COc1cc2nc(-c3cccc(NS(=O)(=O)c4c(F)cccc4F)c3F)c(-c3ccnc(N)n3)n2cc1Cl. The summed E-state index contributed by atoms with van der Waals surface area (Å²) >= 11 is 6.32. The van der Waals surface area contributed by atoms with E-state index >= 15 is 4.39 Å². The first kappa shape index (κ1) is 25.3. The Kier molecular flexibility index (Phi) is 6.33. The van der Waals surface area contributed by atoms with Crippen molar-refractivity contribution in [1.82, 2.24) is 19.4 Å². The van der Waals surface area contributed by atoms with Gasteiger partial charge >= 0.3 is 0 Å². The van der Waals surface area contributed by atoms with E-state index < -0.39 is 38.1 Å². The minimum Gasteiger partial charge on any atom is -0.495 e. The summed E-state index contributed by atoms with van der Waals surface area (Å²) in [5, 5.41) is 0.223. The molecular formula is C24H16ClF3N6O3S. The van der Waals surface area contributed by atoms with E-state index in [1.54, 1.807) is 0 Å². The number of pyridine rings is 1. The van der Waals surface area contributed by atoms with Gasteiger partial charge in [-0.2, -0.15) is 0 Å². The van der Waals surface area contributed by atoms with Crippen molar-refractivity contribution < 1.29 is 26.3 Å². The van der Waals surface area contributed by atoms with Gasteiger partial charge in [0.15, 0.2) is 10.7 Å². The molecule has 14 heteroatoms. The van der Waals surface area contributed by atoms with Gasteiger partial charge in [-0.1, -0.05) is 23.7 Å². The normalized spacial score (nSPS) is 11.6. The third-order valence-electron chi connectivity index (χ3n) is 5.50. The molecule has 5 rings (SSSR count). The van der Waals surface area contributed by atoms with Crippen LogP contribution in [0.1, 0.15) is 0 Å². The Morgan fingerprint density at radius 1 is 1.05 bits per heavy atom. The van der Waals surface area contributed by atoms with Crippen LogP contribution in [0.25, 0.3) is 28.3 Å². The van der Waals surface area contributed by atoms with Gasteiger partial charge in [0.25, 0.3) is 10.0 Å². The predicted octanol–water partition coefficient (Wildman–Crippen LogP) is 4.92. The quantitative estimate of drug-likeness (QED) is 0.302. The molecule has 9 nitrogen and oxygen atoms in total. The number of benzene rings is 2. The number of hydrogen-bond acceptors (Lipinski definition) is 7. The molecule has 3 N–H and O–H groups in total. The van der Waals surface area contributed by atoms with Crippen molar-refractivity contribution in [2.45, 2.75) is 4.90 Å². The number of rotatable bonds is 6. The summed E-state index contributed by atoms with van der Waals surface area (Å²) in [7, 11) is -3.42. The molecule has 0 aliphatic heterocycles. The molecule has 0 radical (unpaired) electrons. The van der Waals surface area contributed by atoms with Crippen molar-refractivity contribution in [1.29, 1.82) is 0 Å². The number of anilines is 2. The number of nitrogens with one attached hydrogen (secondary N) is 1. The minimum atomic E-state index is -4.84. The number of halogens is 4. The number of nitrogen functional groups attached to an aromatic ring is 1. The lowest BCUT2D eigenvalue weighted by Crippen LogP contribution is -2.17. The first-order valence-corrected chi connectivity index (χ1v) is 12.6. The minimum absolute atomic E-state index is 0.0445. The fourth-order valence-electron chi connectivity index (χ4n) is 3.87. The van der Waals surface area contributed by atoms with Crippen LogP contribution in [-0.4, -0.2) is 34.9 Å². The van der Waals surface area contributed by atoms with Gasteiger partial charge in [-0.15, -0.1) is 0 Å². The molecule has 0 fully saturated rings. The van der Waals surface area contributed by atoms with Crippen LogP contribution in [0.3, 0.4) is 0 Å².